The van der Waals surface area contributed by atoms with E-state index in [2.05, 4.69) is 22.5 Å². The van der Waals surface area contributed by atoms with Crippen molar-refractivity contribution < 1.29 is 4.79 Å². The molecular weight excluding hydrogens is 460 g/mol. The molecule has 0 spiro atoms. The van der Waals surface area contributed by atoms with E-state index in [1.54, 1.807) is 6.92 Å². The molecule has 4 heterocycles. The molecule has 3 saturated heterocycles. The predicted molar refractivity (Wildman–Crippen MR) is 147 cm³/mol. The maximum Gasteiger partial charge on any atom is 0.294 e. The molecule has 8 atom stereocenters. The number of aromatic nitrogens is 2. The van der Waals surface area contributed by atoms with Crippen LogP contribution in [-0.4, -0.2) is 50.9 Å². The van der Waals surface area contributed by atoms with E-state index in [1.807, 2.05) is 23.1 Å². The fourth-order valence-electron chi connectivity index (χ4n) is 9.34. The van der Waals surface area contributed by atoms with E-state index in [1.165, 1.54) is 51.4 Å². The molecule has 2 aliphatic carbocycles. The van der Waals surface area contributed by atoms with Crippen LogP contribution < -0.4 is 10.5 Å². The van der Waals surface area contributed by atoms with Gasteiger partial charge in [0.25, 0.3) is 5.56 Å². The number of benzene rings is 1. The third-order valence-corrected chi connectivity index (χ3v) is 10.7. The maximum absolute atomic E-state index is 14.1. The molecule has 198 valence electrons. The van der Waals surface area contributed by atoms with E-state index in [0.29, 0.717) is 17.9 Å². The number of Topliss-reactive ketones (excluding diaryl/α,β-unsaturated/α-hetero) is 1. The summed E-state index contributed by atoms with van der Waals surface area (Å²) in [5, 5.41) is 0. The van der Waals surface area contributed by atoms with Gasteiger partial charge < -0.3 is 9.47 Å². The summed E-state index contributed by atoms with van der Waals surface area (Å²) in [6.45, 7) is 4.83. The summed E-state index contributed by atoms with van der Waals surface area (Å²) in [6, 6.07) is 10.0. The van der Waals surface area contributed by atoms with E-state index >= 15 is 0 Å². The highest BCUT2D eigenvalue weighted by molar-refractivity contribution is 5.87. The smallest absolute Gasteiger partial charge is 0.294 e. The third-order valence-electron chi connectivity index (χ3n) is 10.7. The molecule has 0 radical (unpaired) electrons. The number of fused-ring (bicyclic) bond motifs is 5. The summed E-state index contributed by atoms with van der Waals surface area (Å²) in [5.41, 5.74) is 1.82. The van der Waals surface area contributed by atoms with Crippen molar-refractivity contribution in [2.75, 3.05) is 11.4 Å². The number of carbonyl (C=O) groups excluding carboxylic acids is 1. The first kappa shape index (κ1) is 23.9. The normalized spacial score (nSPS) is 37.8. The molecule has 6 heteroatoms. The number of rotatable bonds is 4. The van der Waals surface area contributed by atoms with Crippen molar-refractivity contribution in [1.82, 2.24) is 14.5 Å². The monoisotopic (exact) mass is 502 g/mol. The SMILES string of the molecule is CC(=O)[C@@H]1CCN1c1nc2ccccc2n(C2C[C@H]3CCC[C@@H](C2)N3C2C[C@H]3CC(C)C[C@@H](C2)C3)c1=O. The Morgan fingerprint density at radius 2 is 1.57 bits per heavy atom. The van der Waals surface area contributed by atoms with Gasteiger partial charge in [-0.05, 0) is 101 Å². The van der Waals surface area contributed by atoms with Gasteiger partial charge in [0.05, 0.1) is 17.1 Å². The molecule has 7 rings (SSSR count). The minimum Gasteiger partial charge on any atom is -0.342 e. The fraction of sp³-hybridized carbons (Fsp3) is 0.710. The molecule has 3 unspecified atom stereocenters. The van der Waals surface area contributed by atoms with Gasteiger partial charge in [0.15, 0.2) is 11.6 Å². The van der Waals surface area contributed by atoms with Crippen molar-refractivity contribution >= 4 is 22.6 Å². The van der Waals surface area contributed by atoms with E-state index in [9.17, 15) is 9.59 Å². The van der Waals surface area contributed by atoms with Crippen molar-refractivity contribution in [2.24, 2.45) is 17.8 Å². The number of hydrogen-bond acceptors (Lipinski definition) is 5. The van der Waals surface area contributed by atoms with Gasteiger partial charge in [0.1, 0.15) is 0 Å². The molecule has 1 aromatic carbocycles. The molecular formula is C31H42N4O2. The molecule has 0 N–H and O–H groups in total. The molecule has 5 fully saturated rings. The van der Waals surface area contributed by atoms with Crippen molar-refractivity contribution in [3.8, 4) is 0 Å². The van der Waals surface area contributed by atoms with Crippen molar-refractivity contribution in [3.05, 3.63) is 34.6 Å². The van der Waals surface area contributed by atoms with E-state index < -0.39 is 0 Å². The van der Waals surface area contributed by atoms with Crippen molar-refractivity contribution in [1.29, 1.82) is 0 Å². The summed E-state index contributed by atoms with van der Waals surface area (Å²) < 4.78 is 2.09. The highest BCUT2D eigenvalue weighted by Crippen LogP contribution is 2.48. The largest absolute Gasteiger partial charge is 0.342 e. The van der Waals surface area contributed by atoms with Crippen LogP contribution >= 0.6 is 0 Å². The Labute approximate surface area is 220 Å². The zero-order valence-corrected chi connectivity index (χ0v) is 22.5. The number of anilines is 1. The van der Waals surface area contributed by atoms with Gasteiger partial charge >= 0.3 is 0 Å². The maximum atomic E-state index is 14.1. The molecule has 5 aliphatic rings. The number of para-hydroxylation sites is 2. The summed E-state index contributed by atoms with van der Waals surface area (Å²) in [7, 11) is 0. The van der Waals surface area contributed by atoms with Crippen molar-refractivity contribution in [2.45, 2.75) is 115 Å². The van der Waals surface area contributed by atoms with Crippen LogP contribution in [0.15, 0.2) is 29.1 Å². The summed E-state index contributed by atoms with van der Waals surface area (Å²) >= 11 is 0. The Kier molecular flexibility index (Phi) is 5.95. The predicted octanol–water partition coefficient (Wildman–Crippen LogP) is 5.34. The Balaban J connectivity index is 1.22. The number of hydrogen-bond donors (Lipinski definition) is 0. The van der Waals surface area contributed by atoms with Crippen molar-refractivity contribution in [3.63, 3.8) is 0 Å². The number of ketones is 1. The molecule has 37 heavy (non-hydrogen) atoms. The lowest BCUT2D eigenvalue weighted by atomic mass is 9.65. The topological polar surface area (TPSA) is 58.4 Å². The summed E-state index contributed by atoms with van der Waals surface area (Å²) in [6.07, 6.45) is 13.9. The summed E-state index contributed by atoms with van der Waals surface area (Å²) in [4.78, 5) is 36.0. The van der Waals surface area contributed by atoms with Gasteiger partial charge in [-0.2, -0.15) is 0 Å². The second-order valence-electron chi connectivity index (χ2n) is 13.2. The second kappa shape index (κ2) is 9.21. The van der Waals surface area contributed by atoms with Crippen LogP contribution in [0, 0.1) is 17.8 Å². The molecule has 4 bridgehead atoms. The number of piperidine rings is 2. The van der Waals surface area contributed by atoms with Crippen LogP contribution in [0.5, 0.6) is 0 Å². The molecule has 2 saturated carbocycles. The Bertz CT molecular complexity index is 1220. The lowest BCUT2D eigenvalue weighted by molar-refractivity contribution is -0.119. The van der Waals surface area contributed by atoms with Gasteiger partial charge in [-0.1, -0.05) is 25.5 Å². The zero-order chi connectivity index (χ0) is 25.3. The lowest BCUT2D eigenvalue weighted by Gasteiger charge is -2.56. The minimum atomic E-state index is -0.204. The van der Waals surface area contributed by atoms with Gasteiger partial charge in [-0.25, -0.2) is 4.98 Å². The van der Waals surface area contributed by atoms with Gasteiger partial charge in [-0.15, -0.1) is 0 Å². The van der Waals surface area contributed by atoms with E-state index in [-0.39, 0.29) is 23.4 Å². The standard InChI is InChI=1S/C31H42N4O2/c1-19-12-21-14-22(13-19)16-25(15-21)34-23-6-5-7-24(34)18-26(17-23)35-29-9-4-3-8-27(29)32-30(31(35)37)33-11-10-28(33)20(2)36/h3-4,8-9,19,21-26,28H,5-7,10-18H2,1-2H3/t19?,21-,22+,23-,24+,25?,26?,28-/m0/s1. The van der Waals surface area contributed by atoms with Crippen LogP contribution in [0.25, 0.3) is 11.0 Å². The molecule has 0 amide bonds. The Morgan fingerprint density at radius 1 is 0.865 bits per heavy atom. The molecule has 2 aromatic rings. The highest BCUT2D eigenvalue weighted by atomic mass is 16.1. The number of nitrogens with zero attached hydrogens (tertiary/aromatic N) is 4. The van der Waals surface area contributed by atoms with Gasteiger partial charge in [0.2, 0.25) is 0 Å². The summed E-state index contributed by atoms with van der Waals surface area (Å²) in [5.74, 6) is 3.36. The van der Waals surface area contributed by atoms with Gasteiger partial charge in [-0.3, -0.25) is 14.5 Å². The van der Waals surface area contributed by atoms with Crippen LogP contribution in [0.1, 0.15) is 90.5 Å². The van der Waals surface area contributed by atoms with Crippen LogP contribution in [0.3, 0.4) is 0 Å². The Morgan fingerprint density at radius 3 is 2.22 bits per heavy atom. The first-order valence-electron chi connectivity index (χ1n) is 15.0. The first-order chi connectivity index (χ1) is 18.0. The lowest BCUT2D eigenvalue weighted by Crippen LogP contribution is -2.59. The third kappa shape index (κ3) is 4.05. The van der Waals surface area contributed by atoms with Gasteiger partial charge in [0, 0.05) is 30.7 Å². The first-order valence-corrected chi connectivity index (χ1v) is 15.0. The highest BCUT2D eigenvalue weighted by Gasteiger charge is 2.46. The quantitative estimate of drug-likeness (QED) is 0.565. The average Bonchev–Trinajstić information content (AvgIpc) is 2.82. The molecule has 6 nitrogen and oxygen atoms in total. The zero-order valence-electron chi connectivity index (χ0n) is 22.5. The number of carbonyl (C=O) groups is 1. The minimum absolute atomic E-state index is 0.00218. The second-order valence-corrected chi connectivity index (χ2v) is 13.2. The van der Waals surface area contributed by atoms with Crippen LogP contribution in [0.2, 0.25) is 0 Å². The van der Waals surface area contributed by atoms with E-state index in [0.717, 1.165) is 60.6 Å². The van der Waals surface area contributed by atoms with E-state index in [4.69, 9.17) is 4.98 Å². The van der Waals surface area contributed by atoms with Crippen LogP contribution in [-0.2, 0) is 4.79 Å². The molecule has 3 aliphatic heterocycles. The average molecular weight is 503 g/mol. The fourth-order valence-corrected chi connectivity index (χ4v) is 9.34. The van der Waals surface area contributed by atoms with Crippen LogP contribution in [0.4, 0.5) is 5.82 Å². The Hall–Kier alpha value is -2.21. The molecule has 1 aromatic heterocycles.